The van der Waals surface area contributed by atoms with E-state index in [1.807, 2.05) is 0 Å². The Morgan fingerprint density at radius 2 is 2.00 bits per heavy atom. The molecule has 0 amide bonds. The second-order valence-electron chi connectivity index (χ2n) is 3.32. The zero-order chi connectivity index (χ0) is 14.1. The van der Waals surface area contributed by atoms with Gasteiger partial charge in [0.1, 0.15) is 5.82 Å². The number of aliphatic carboxylic acids is 1. The SMILES string of the molecule is Nc1cc(C(F)(F)F)c(C(F)F)c(CC(=O)O)n1. The summed E-state index contributed by atoms with van der Waals surface area (Å²) in [7, 11) is 0. The van der Waals surface area contributed by atoms with Gasteiger partial charge in [-0.3, -0.25) is 4.79 Å². The van der Waals surface area contributed by atoms with E-state index < -0.39 is 47.6 Å². The van der Waals surface area contributed by atoms with Gasteiger partial charge in [0.05, 0.1) is 23.2 Å². The number of nitrogens with zero attached hydrogens (tertiary/aromatic N) is 1. The van der Waals surface area contributed by atoms with Crippen LogP contribution in [0.4, 0.5) is 27.8 Å². The monoisotopic (exact) mass is 270 g/mol. The normalized spacial score (nSPS) is 11.9. The van der Waals surface area contributed by atoms with Gasteiger partial charge in [-0.25, -0.2) is 13.8 Å². The molecule has 0 fully saturated rings. The van der Waals surface area contributed by atoms with E-state index in [2.05, 4.69) is 4.98 Å². The number of aromatic nitrogens is 1. The molecule has 0 unspecified atom stereocenters. The van der Waals surface area contributed by atoms with Crippen molar-refractivity contribution in [1.82, 2.24) is 4.98 Å². The zero-order valence-electron chi connectivity index (χ0n) is 8.63. The highest BCUT2D eigenvalue weighted by Crippen LogP contribution is 2.38. The summed E-state index contributed by atoms with van der Waals surface area (Å²) in [6.45, 7) is 0. The predicted molar refractivity (Wildman–Crippen MR) is 49.9 cm³/mol. The summed E-state index contributed by atoms with van der Waals surface area (Å²) < 4.78 is 62.9. The molecule has 1 rings (SSSR count). The average Bonchev–Trinajstić information content (AvgIpc) is 2.13. The van der Waals surface area contributed by atoms with Crippen molar-refractivity contribution in [3.8, 4) is 0 Å². The molecule has 0 saturated carbocycles. The number of hydrogen-bond donors (Lipinski definition) is 2. The Bertz CT molecular complexity index is 473. The van der Waals surface area contributed by atoms with Crippen LogP contribution < -0.4 is 5.73 Å². The highest BCUT2D eigenvalue weighted by molar-refractivity contribution is 5.70. The van der Waals surface area contributed by atoms with Crippen molar-refractivity contribution in [3.05, 3.63) is 22.9 Å². The highest BCUT2D eigenvalue weighted by Gasteiger charge is 2.38. The summed E-state index contributed by atoms with van der Waals surface area (Å²) in [5.74, 6) is -2.24. The molecule has 100 valence electrons. The molecule has 1 aromatic heterocycles. The molecule has 0 aliphatic heterocycles. The lowest BCUT2D eigenvalue weighted by molar-refractivity contribution is -0.140. The number of anilines is 1. The molecule has 1 aromatic rings. The maximum Gasteiger partial charge on any atom is 0.417 e. The molecule has 3 N–H and O–H groups in total. The van der Waals surface area contributed by atoms with Crippen LogP contribution in [0.1, 0.15) is 23.2 Å². The van der Waals surface area contributed by atoms with Crippen molar-refractivity contribution in [3.63, 3.8) is 0 Å². The summed E-state index contributed by atoms with van der Waals surface area (Å²) >= 11 is 0. The van der Waals surface area contributed by atoms with Gasteiger partial charge in [-0.1, -0.05) is 0 Å². The van der Waals surface area contributed by atoms with Crippen LogP contribution in [0.2, 0.25) is 0 Å². The summed E-state index contributed by atoms with van der Waals surface area (Å²) in [6.07, 6.45) is -9.62. The van der Waals surface area contributed by atoms with Gasteiger partial charge in [0.2, 0.25) is 0 Å². The minimum absolute atomic E-state index is 0.257. The van der Waals surface area contributed by atoms with E-state index >= 15 is 0 Å². The summed E-state index contributed by atoms with van der Waals surface area (Å²) in [6, 6.07) is 0.257. The molecule has 0 spiro atoms. The Morgan fingerprint density at radius 1 is 1.44 bits per heavy atom. The molecule has 0 radical (unpaired) electrons. The largest absolute Gasteiger partial charge is 0.481 e. The molecule has 9 heteroatoms. The van der Waals surface area contributed by atoms with E-state index in [4.69, 9.17) is 10.8 Å². The Kier molecular flexibility index (Phi) is 3.73. The van der Waals surface area contributed by atoms with Crippen LogP contribution in [-0.4, -0.2) is 16.1 Å². The van der Waals surface area contributed by atoms with Gasteiger partial charge >= 0.3 is 12.1 Å². The molecular weight excluding hydrogens is 263 g/mol. The first-order valence-electron chi connectivity index (χ1n) is 4.49. The van der Waals surface area contributed by atoms with Gasteiger partial charge in [0, 0.05) is 0 Å². The summed E-state index contributed by atoms with van der Waals surface area (Å²) in [5.41, 5.74) is 1.06. The predicted octanol–water partition coefficient (Wildman–Crippen LogP) is 2.25. The third-order valence-electron chi connectivity index (χ3n) is 2.00. The fourth-order valence-electron chi connectivity index (χ4n) is 1.39. The second-order valence-corrected chi connectivity index (χ2v) is 3.32. The van der Waals surface area contributed by atoms with Gasteiger partial charge in [0.25, 0.3) is 6.43 Å². The highest BCUT2D eigenvalue weighted by atomic mass is 19.4. The minimum atomic E-state index is -5.06. The van der Waals surface area contributed by atoms with Gasteiger partial charge in [0.15, 0.2) is 0 Å². The van der Waals surface area contributed by atoms with Gasteiger partial charge in [-0.05, 0) is 6.07 Å². The maximum atomic E-state index is 12.6. The number of halogens is 5. The van der Waals surface area contributed by atoms with E-state index in [0.717, 1.165) is 0 Å². The number of carboxylic acids is 1. The number of hydrogen-bond acceptors (Lipinski definition) is 3. The molecule has 18 heavy (non-hydrogen) atoms. The fraction of sp³-hybridized carbons (Fsp3) is 0.333. The van der Waals surface area contributed by atoms with E-state index in [1.165, 1.54) is 0 Å². The first-order valence-corrected chi connectivity index (χ1v) is 4.49. The van der Waals surface area contributed by atoms with Gasteiger partial charge in [-0.2, -0.15) is 13.2 Å². The molecule has 0 aliphatic carbocycles. The van der Waals surface area contributed by atoms with Crippen LogP contribution in [0.3, 0.4) is 0 Å². The molecule has 0 bridgehead atoms. The van der Waals surface area contributed by atoms with Crippen LogP contribution in [-0.2, 0) is 17.4 Å². The first-order chi connectivity index (χ1) is 8.12. The quantitative estimate of drug-likeness (QED) is 0.826. The van der Waals surface area contributed by atoms with E-state index in [0.29, 0.717) is 0 Å². The smallest absolute Gasteiger partial charge is 0.417 e. The Labute approximate surface area is 97.2 Å². The topological polar surface area (TPSA) is 76.2 Å². The molecule has 4 nitrogen and oxygen atoms in total. The van der Waals surface area contributed by atoms with Crippen molar-refractivity contribution in [2.24, 2.45) is 0 Å². The van der Waals surface area contributed by atoms with Crippen molar-refractivity contribution >= 4 is 11.8 Å². The first kappa shape index (κ1) is 14.1. The molecule has 0 saturated heterocycles. The van der Waals surface area contributed by atoms with Crippen LogP contribution in [0.25, 0.3) is 0 Å². The van der Waals surface area contributed by atoms with Crippen LogP contribution >= 0.6 is 0 Å². The molecule has 0 aliphatic rings. The lowest BCUT2D eigenvalue weighted by atomic mass is 10.0. The number of alkyl halides is 5. The number of carboxylic acid groups (broad SMARTS) is 1. The Morgan fingerprint density at radius 3 is 2.39 bits per heavy atom. The standard InChI is InChI=1S/C9H7F5N2O2/c10-8(11)7-3(9(12,13)14)1-5(15)16-4(7)2-6(17)18/h1,8H,2H2,(H2,15,16)(H,17,18). The molecule has 1 heterocycles. The van der Waals surface area contributed by atoms with Crippen molar-refractivity contribution in [1.29, 1.82) is 0 Å². The Hall–Kier alpha value is -1.93. The zero-order valence-corrected chi connectivity index (χ0v) is 8.63. The summed E-state index contributed by atoms with van der Waals surface area (Å²) in [5, 5.41) is 8.45. The van der Waals surface area contributed by atoms with Crippen LogP contribution in [0.5, 0.6) is 0 Å². The third kappa shape index (κ3) is 3.05. The second kappa shape index (κ2) is 4.75. The minimum Gasteiger partial charge on any atom is -0.481 e. The number of pyridine rings is 1. The molecular formula is C9H7F5N2O2. The van der Waals surface area contributed by atoms with Crippen molar-refractivity contribution in [2.45, 2.75) is 19.0 Å². The number of nitrogen functional groups attached to an aromatic ring is 1. The van der Waals surface area contributed by atoms with Crippen LogP contribution in [0, 0.1) is 0 Å². The van der Waals surface area contributed by atoms with E-state index in [-0.39, 0.29) is 6.07 Å². The van der Waals surface area contributed by atoms with Crippen molar-refractivity contribution in [2.75, 3.05) is 5.73 Å². The van der Waals surface area contributed by atoms with Gasteiger partial charge in [-0.15, -0.1) is 0 Å². The van der Waals surface area contributed by atoms with Crippen molar-refractivity contribution < 1.29 is 31.9 Å². The van der Waals surface area contributed by atoms with E-state index in [9.17, 15) is 26.7 Å². The molecule has 0 atom stereocenters. The third-order valence-corrected chi connectivity index (χ3v) is 2.00. The lowest BCUT2D eigenvalue weighted by Crippen LogP contribution is -2.16. The fourth-order valence-corrected chi connectivity index (χ4v) is 1.39. The molecule has 0 aromatic carbocycles. The number of carbonyl (C=O) groups is 1. The average molecular weight is 270 g/mol. The van der Waals surface area contributed by atoms with E-state index in [1.54, 1.807) is 0 Å². The maximum absolute atomic E-state index is 12.6. The van der Waals surface area contributed by atoms with Gasteiger partial charge < -0.3 is 10.8 Å². The van der Waals surface area contributed by atoms with Crippen LogP contribution in [0.15, 0.2) is 6.07 Å². The summed E-state index contributed by atoms with van der Waals surface area (Å²) in [4.78, 5) is 13.6. The lowest BCUT2D eigenvalue weighted by Gasteiger charge is -2.15. The Balaban J connectivity index is 3.51. The number of rotatable bonds is 3. The number of nitrogens with two attached hydrogens (primary N) is 1.